The van der Waals surface area contributed by atoms with Gasteiger partial charge in [0.1, 0.15) is 17.2 Å². The third kappa shape index (κ3) is 6.74. The van der Waals surface area contributed by atoms with Crippen LogP contribution in [0.1, 0.15) is 43.9 Å². The van der Waals surface area contributed by atoms with Gasteiger partial charge in [0.2, 0.25) is 0 Å². The predicted octanol–water partition coefficient (Wildman–Crippen LogP) is 4.86. The normalized spacial score (nSPS) is 12.4. The molecule has 0 amide bonds. The van der Waals surface area contributed by atoms with Crippen LogP contribution in [0.5, 0.6) is 0 Å². The zero-order valence-electron chi connectivity index (χ0n) is 20.4. The van der Waals surface area contributed by atoms with E-state index in [1.54, 1.807) is 25.5 Å². The van der Waals surface area contributed by atoms with Crippen molar-refractivity contribution in [2.45, 2.75) is 27.2 Å². The van der Waals surface area contributed by atoms with Gasteiger partial charge in [0, 0.05) is 47.6 Å². The van der Waals surface area contributed by atoms with Crippen molar-refractivity contribution in [1.82, 2.24) is 4.98 Å². The summed E-state index contributed by atoms with van der Waals surface area (Å²) in [5.41, 5.74) is 11.0. The highest BCUT2D eigenvalue weighted by Crippen LogP contribution is 2.21. The number of allylic oxidation sites excluding steroid dienone is 4. The minimum absolute atomic E-state index is 0.498. The molecule has 0 bridgehead atoms. The van der Waals surface area contributed by atoms with Gasteiger partial charge in [-0.15, -0.1) is 0 Å². The van der Waals surface area contributed by atoms with Crippen molar-refractivity contribution in [2.24, 2.45) is 10.7 Å². The molecule has 2 heterocycles. The summed E-state index contributed by atoms with van der Waals surface area (Å²) in [6, 6.07) is 14.0. The van der Waals surface area contributed by atoms with Crippen LogP contribution in [0.25, 0.3) is 29.0 Å². The highest BCUT2D eigenvalue weighted by Gasteiger charge is 2.09. The molecule has 0 aliphatic heterocycles. The molecule has 174 valence electrons. The van der Waals surface area contributed by atoms with Crippen LogP contribution in [0.2, 0.25) is 0 Å². The van der Waals surface area contributed by atoms with Crippen molar-refractivity contribution >= 4 is 23.9 Å². The summed E-state index contributed by atoms with van der Waals surface area (Å²) >= 11 is 0. The summed E-state index contributed by atoms with van der Waals surface area (Å²) < 4.78 is 6.21. The van der Waals surface area contributed by atoms with Gasteiger partial charge in [-0.1, -0.05) is 56.0 Å². The van der Waals surface area contributed by atoms with Crippen LogP contribution >= 0.6 is 0 Å². The Bertz CT molecular complexity index is 1320. The minimum Gasteiger partial charge on any atom is -0.455 e. The third-order valence-electron chi connectivity index (χ3n) is 4.94. The van der Waals surface area contributed by atoms with Gasteiger partial charge >= 0.3 is 0 Å². The molecule has 0 unspecified atom stereocenters. The molecule has 0 saturated carbocycles. The highest BCUT2D eigenvalue weighted by molar-refractivity contribution is 6.09. The molecular formula is C29H32N4O. The fourth-order valence-corrected chi connectivity index (χ4v) is 3.20. The molecule has 2 N–H and O–H groups in total. The second kappa shape index (κ2) is 13.5. The molecule has 0 aliphatic rings. The van der Waals surface area contributed by atoms with E-state index in [0.29, 0.717) is 11.0 Å². The number of furan rings is 1. The number of benzene rings is 1. The minimum atomic E-state index is 0.498. The smallest absolute Gasteiger partial charge is 0.142 e. The number of nitrogens with zero attached hydrogens (tertiary/aromatic N) is 3. The van der Waals surface area contributed by atoms with Crippen LogP contribution in [-0.2, 0) is 0 Å². The summed E-state index contributed by atoms with van der Waals surface area (Å²) in [5.74, 6) is 0.735. The first-order chi connectivity index (χ1) is 16.5. The Balaban J connectivity index is 0.000000945. The summed E-state index contributed by atoms with van der Waals surface area (Å²) in [4.78, 5) is 8.28. The number of pyridine rings is 1. The van der Waals surface area contributed by atoms with Crippen LogP contribution in [-0.4, -0.2) is 24.8 Å². The van der Waals surface area contributed by atoms with Crippen molar-refractivity contribution < 1.29 is 4.42 Å². The van der Waals surface area contributed by atoms with Crippen molar-refractivity contribution in [3.05, 3.63) is 94.3 Å². The zero-order valence-corrected chi connectivity index (χ0v) is 20.4. The number of aromatic nitrogens is 1. The van der Waals surface area contributed by atoms with Crippen molar-refractivity contribution in [3.63, 3.8) is 0 Å². The Kier molecular flexibility index (Phi) is 10.4. The van der Waals surface area contributed by atoms with Crippen molar-refractivity contribution in [2.75, 3.05) is 13.6 Å². The second-order valence-electron chi connectivity index (χ2n) is 7.45. The van der Waals surface area contributed by atoms with E-state index in [4.69, 9.17) is 10.2 Å². The lowest BCUT2D eigenvalue weighted by atomic mass is 10.0. The Labute approximate surface area is 202 Å². The molecular weight excluding hydrogens is 420 g/mol. The largest absolute Gasteiger partial charge is 0.455 e. The lowest BCUT2D eigenvalue weighted by Crippen LogP contribution is -2.20. The van der Waals surface area contributed by atoms with Crippen LogP contribution < -0.4 is 16.4 Å². The maximum absolute atomic E-state index is 9.20. The lowest BCUT2D eigenvalue weighted by molar-refractivity contribution is 0.543. The number of hydrogen-bond donors (Lipinski definition) is 1. The van der Waals surface area contributed by atoms with E-state index in [0.717, 1.165) is 51.8 Å². The van der Waals surface area contributed by atoms with E-state index < -0.39 is 0 Å². The Hall–Kier alpha value is -4.01. The Morgan fingerprint density at radius 2 is 1.88 bits per heavy atom. The maximum atomic E-state index is 9.20. The van der Waals surface area contributed by atoms with Gasteiger partial charge in [-0.3, -0.25) is 9.98 Å². The highest BCUT2D eigenvalue weighted by atomic mass is 16.3. The average Bonchev–Trinajstić information content (AvgIpc) is 3.27. The molecule has 3 rings (SSSR count). The van der Waals surface area contributed by atoms with E-state index in [9.17, 15) is 5.26 Å². The summed E-state index contributed by atoms with van der Waals surface area (Å²) in [7, 11) is 1.76. The molecule has 0 atom stereocenters. The molecule has 0 radical (unpaired) electrons. The van der Waals surface area contributed by atoms with Crippen LogP contribution in [0.4, 0.5) is 0 Å². The molecule has 0 spiro atoms. The van der Waals surface area contributed by atoms with Gasteiger partial charge in [-0.2, -0.15) is 5.26 Å². The molecule has 5 nitrogen and oxygen atoms in total. The molecule has 1 aromatic carbocycles. The quantitative estimate of drug-likeness (QED) is 0.541. The summed E-state index contributed by atoms with van der Waals surface area (Å²) in [6.45, 7) is 11.0. The number of aliphatic imine (C=N–C) groups is 1. The number of nitrogens with two attached hydrogens (primary N) is 1. The second-order valence-corrected chi connectivity index (χ2v) is 7.45. The molecule has 0 saturated heterocycles. The standard InChI is InChI=1S/C26H23N3O.C3H9N/c1-5-7-24(23-13-19(14-27)15-29-17-23)26-18(3)12-25(30-26)22-10-8-21(9-11-22)20(6-2)16-28-4;1-2-3-4/h5-13,15-17H,3H2,1-2,4H3;2-4H2,1H3/b7-5-,20-6+,26-24-,28-16?;. The van der Waals surface area contributed by atoms with Gasteiger partial charge in [-0.05, 0) is 50.1 Å². The zero-order chi connectivity index (χ0) is 24.9. The number of rotatable bonds is 6. The summed E-state index contributed by atoms with van der Waals surface area (Å²) in [5, 5.41) is 9.97. The molecule has 2 aromatic heterocycles. The van der Waals surface area contributed by atoms with Crippen LogP contribution in [0, 0.1) is 11.3 Å². The van der Waals surface area contributed by atoms with Gasteiger partial charge in [0.25, 0.3) is 0 Å². The van der Waals surface area contributed by atoms with Gasteiger partial charge in [0.05, 0.1) is 5.56 Å². The maximum Gasteiger partial charge on any atom is 0.142 e. The summed E-state index contributed by atoms with van der Waals surface area (Å²) in [6.07, 6.45) is 12.1. The first-order valence-corrected chi connectivity index (χ1v) is 11.2. The van der Waals surface area contributed by atoms with Crippen LogP contribution in [0.15, 0.2) is 76.4 Å². The topological polar surface area (TPSA) is 88.2 Å². The predicted molar refractivity (Wildman–Crippen MR) is 143 cm³/mol. The fourth-order valence-electron chi connectivity index (χ4n) is 3.20. The first kappa shape index (κ1) is 26.2. The Morgan fingerprint density at radius 1 is 1.18 bits per heavy atom. The lowest BCUT2D eigenvalue weighted by Gasteiger charge is -2.03. The van der Waals surface area contributed by atoms with E-state index in [2.05, 4.69) is 29.5 Å². The van der Waals surface area contributed by atoms with Crippen LogP contribution in [0.3, 0.4) is 0 Å². The van der Waals surface area contributed by atoms with E-state index in [1.165, 1.54) is 0 Å². The first-order valence-electron chi connectivity index (χ1n) is 11.2. The van der Waals surface area contributed by atoms with Crippen molar-refractivity contribution in [1.29, 1.82) is 5.26 Å². The number of hydrogen-bond acceptors (Lipinski definition) is 5. The molecule has 34 heavy (non-hydrogen) atoms. The fraction of sp³-hybridized carbons (Fsp3) is 0.207. The van der Waals surface area contributed by atoms with E-state index >= 15 is 0 Å². The molecule has 5 heteroatoms. The van der Waals surface area contributed by atoms with Gasteiger partial charge in [-0.25, -0.2) is 0 Å². The van der Waals surface area contributed by atoms with Crippen molar-refractivity contribution in [3.8, 4) is 17.4 Å². The molecule has 3 aromatic rings. The van der Waals surface area contributed by atoms with Gasteiger partial charge in [0.15, 0.2) is 0 Å². The molecule has 0 aliphatic carbocycles. The monoisotopic (exact) mass is 452 g/mol. The van der Waals surface area contributed by atoms with E-state index in [-0.39, 0.29) is 0 Å². The Morgan fingerprint density at radius 3 is 2.44 bits per heavy atom. The SMILES string of the molecule is C=c1cc(-c2ccc(/C(C=NC)=C/C)cc2)o/c1=C(/C=C\C)c1cncc(C#N)c1.CCCN. The van der Waals surface area contributed by atoms with E-state index in [1.807, 2.05) is 68.6 Å². The molecule has 0 fully saturated rings. The van der Waals surface area contributed by atoms with Gasteiger partial charge < -0.3 is 10.2 Å². The third-order valence-corrected chi connectivity index (χ3v) is 4.94. The number of nitriles is 1. The average molecular weight is 453 g/mol.